The van der Waals surface area contributed by atoms with Crippen LogP contribution in [-0.4, -0.2) is 38.5 Å². The molecular formula is C18H29N3OS. The Balaban J connectivity index is 1.81. The molecule has 2 N–H and O–H groups in total. The van der Waals surface area contributed by atoms with Gasteiger partial charge in [-0.05, 0) is 56.1 Å². The summed E-state index contributed by atoms with van der Waals surface area (Å²) in [4.78, 5) is 6.00. The number of hydrogen-bond acceptors (Lipinski definition) is 3. The van der Waals surface area contributed by atoms with Gasteiger partial charge in [-0.2, -0.15) is 0 Å². The van der Waals surface area contributed by atoms with Crippen molar-refractivity contribution in [2.24, 2.45) is 10.9 Å². The van der Waals surface area contributed by atoms with E-state index < -0.39 is 0 Å². The summed E-state index contributed by atoms with van der Waals surface area (Å²) in [5.74, 6) is 1.68. The number of nitrogens with zero attached hydrogens (tertiary/aromatic N) is 1. The Kier molecular flexibility index (Phi) is 7.76. The van der Waals surface area contributed by atoms with Gasteiger partial charge in [0.25, 0.3) is 0 Å². The molecule has 1 aliphatic rings. The van der Waals surface area contributed by atoms with Crippen LogP contribution in [0.4, 0.5) is 0 Å². The van der Waals surface area contributed by atoms with Gasteiger partial charge in [-0.1, -0.05) is 12.1 Å². The number of guanidine groups is 1. The van der Waals surface area contributed by atoms with Crippen LogP contribution in [0.25, 0.3) is 0 Å². The van der Waals surface area contributed by atoms with Crippen molar-refractivity contribution in [2.75, 3.05) is 32.6 Å². The fraction of sp³-hybridized carbons (Fsp3) is 0.611. The number of ether oxygens (including phenoxy) is 1. The van der Waals surface area contributed by atoms with Crippen molar-refractivity contribution in [3.63, 3.8) is 0 Å². The van der Waals surface area contributed by atoms with E-state index in [-0.39, 0.29) is 0 Å². The standard InChI is InChI=1S/C18H29N3OS/c1-4-19-18(20-9-10-22-13-15-6-7-15)21-12-16-8-5-14(2)11-17(16)23-3/h5,8,11,15H,4,6-7,9-10,12-13H2,1-3H3,(H2,19,20,21). The van der Waals surface area contributed by atoms with Crippen molar-refractivity contribution in [3.05, 3.63) is 29.3 Å². The Bertz CT molecular complexity index is 515. The minimum absolute atomic E-state index is 0.689. The van der Waals surface area contributed by atoms with E-state index in [0.717, 1.165) is 38.2 Å². The third-order valence-corrected chi connectivity index (χ3v) is 4.60. The van der Waals surface area contributed by atoms with E-state index in [9.17, 15) is 0 Å². The Hall–Kier alpha value is -1.20. The highest BCUT2D eigenvalue weighted by Crippen LogP contribution is 2.28. The van der Waals surface area contributed by atoms with Gasteiger partial charge in [0.1, 0.15) is 0 Å². The predicted octanol–water partition coefficient (Wildman–Crippen LogP) is 3.20. The molecule has 0 spiro atoms. The lowest BCUT2D eigenvalue weighted by Crippen LogP contribution is -2.39. The summed E-state index contributed by atoms with van der Waals surface area (Å²) in [6, 6.07) is 6.55. The fourth-order valence-corrected chi connectivity index (χ4v) is 2.96. The van der Waals surface area contributed by atoms with E-state index in [2.05, 4.69) is 48.9 Å². The van der Waals surface area contributed by atoms with Crippen LogP contribution in [-0.2, 0) is 11.3 Å². The largest absolute Gasteiger partial charge is 0.379 e. The molecule has 0 aliphatic heterocycles. The first-order valence-electron chi connectivity index (χ1n) is 8.46. The quantitative estimate of drug-likeness (QED) is 0.315. The minimum atomic E-state index is 0.689. The zero-order valence-electron chi connectivity index (χ0n) is 14.5. The Labute approximate surface area is 144 Å². The van der Waals surface area contributed by atoms with Gasteiger partial charge in [-0.3, -0.25) is 0 Å². The molecule has 1 saturated carbocycles. The van der Waals surface area contributed by atoms with Gasteiger partial charge in [0.15, 0.2) is 5.96 Å². The lowest BCUT2D eigenvalue weighted by Gasteiger charge is -2.12. The predicted molar refractivity (Wildman–Crippen MR) is 99.3 cm³/mol. The van der Waals surface area contributed by atoms with Crippen LogP contribution >= 0.6 is 11.8 Å². The number of rotatable bonds is 9. The van der Waals surface area contributed by atoms with Gasteiger partial charge in [0, 0.05) is 24.6 Å². The maximum absolute atomic E-state index is 5.65. The SMILES string of the molecule is CCNC(=NCc1ccc(C)cc1SC)NCCOCC1CC1. The van der Waals surface area contributed by atoms with Gasteiger partial charge < -0.3 is 15.4 Å². The molecule has 0 bridgehead atoms. The number of nitrogens with one attached hydrogen (secondary N) is 2. The van der Waals surface area contributed by atoms with Gasteiger partial charge in [-0.15, -0.1) is 11.8 Å². The summed E-state index contributed by atoms with van der Waals surface area (Å²) >= 11 is 1.78. The first-order chi connectivity index (χ1) is 11.2. The van der Waals surface area contributed by atoms with E-state index in [1.807, 2.05) is 0 Å². The average molecular weight is 336 g/mol. The summed E-state index contributed by atoms with van der Waals surface area (Å²) in [7, 11) is 0. The molecule has 1 fully saturated rings. The molecular weight excluding hydrogens is 306 g/mol. The lowest BCUT2D eigenvalue weighted by atomic mass is 10.1. The third-order valence-electron chi connectivity index (χ3n) is 3.78. The molecule has 0 radical (unpaired) electrons. The second kappa shape index (κ2) is 9.83. The highest BCUT2D eigenvalue weighted by Gasteiger charge is 2.20. The molecule has 4 nitrogen and oxygen atoms in total. The van der Waals surface area contributed by atoms with Crippen LogP contribution in [0.2, 0.25) is 0 Å². The summed E-state index contributed by atoms with van der Waals surface area (Å²) < 4.78 is 5.65. The van der Waals surface area contributed by atoms with E-state index >= 15 is 0 Å². The summed E-state index contributed by atoms with van der Waals surface area (Å²) in [6.07, 6.45) is 4.79. The van der Waals surface area contributed by atoms with Crippen molar-refractivity contribution in [1.29, 1.82) is 0 Å². The molecule has 0 unspecified atom stereocenters. The van der Waals surface area contributed by atoms with Crippen molar-refractivity contribution in [1.82, 2.24) is 10.6 Å². The molecule has 0 atom stereocenters. The maximum Gasteiger partial charge on any atom is 0.191 e. The van der Waals surface area contributed by atoms with Crippen LogP contribution in [0, 0.1) is 12.8 Å². The highest BCUT2D eigenvalue weighted by molar-refractivity contribution is 7.98. The van der Waals surface area contributed by atoms with Crippen LogP contribution in [0.1, 0.15) is 30.9 Å². The van der Waals surface area contributed by atoms with E-state index in [1.165, 1.54) is 28.9 Å². The fourth-order valence-electron chi connectivity index (χ4n) is 2.26. The molecule has 128 valence electrons. The topological polar surface area (TPSA) is 45.7 Å². The number of hydrogen-bond donors (Lipinski definition) is 2. The number of thioether (sulfide) groups is 1. The molecule has 0 saturated heterocycles. The van der Waals surface area contributed by atoms with Crippen molar-refractivity contribution in [3.8, 4) is 0 Å². The second-order valence-electron chi connectivity index (χ2n) is 5.96. The molecule has 1 aromatic rings. The number of aliphatic imine (C=N–C) groups is 1. The molecule has 0 heterocycles. The first kappa shape index (κ1) is 18.1. The smallest absolute Gasteiger partial charge is 0.191 e. The highest BCUT2D eigenvalue weighted by atomic mass is 32.2. The van der Waals surface area contributed by atoms with Gasteiger partial charge in [0.05, 0.1) is 13.2 Å². The lowest BCUT2D eigenvalue weighted by molar-refractivity contribution is 0.129. The van der Waals surface area contributed by atoms with Crippen LogP contribution in [0.15, 0.2) is 28.1 Å². The van der Waals surface area contributed by atoms with Gasteiger partial charge >= 0.3 is 0 Å². The van der Waals surface area contributed by atoms with Crippen LogP contribution < -0.4 is 10.6 Å². The summed E-state index contributed by atoms with van der Waals surface area (Å²) in [5.41, 5.74) is 2.56. The zero-order chi connectivity index (χ0) is 16.5. The minimum Gasteiger partial charge on any atom is -0.379 e. The molecule has 1 aliphatic carbocycles. The molecule has 1 aromatic carbocycles. The molecule has 0 amide bonds. The van der Waals surface area contributed by atoms with Crippen molar-refractivity contribution >= 4 is 17.7 Å². The van der Waals surface area contributed by atoms with Crippen molar-refractivity contribution < 1.29 is 4.74 Å². The Morgan fingerprint density at radius 3 is 2.87 bits per heavy atom. The zero-order valence-corrected chi connectivity index (χ0v) is 15.3. The van der Waals surface area contributed by atoms with E-state index in [1.54, 1.807) is 11.8 Å². The summed E-state index contributed by atoms with van der Waals surface area (Å²) in [5, 5.41) is 6.63. The number of aryl methyl sites for hydroxylation is 1. The molecule has 5 heteroatoms. The summed E-state index contributed by atoms with van der Waals surface area (Å²) in [6.45, 7) is 8.20. The monoisotopic (exact) mass is 335 g/mol. The van der Waals surface area contributed by atoms with Crippen molar-refractivity contribution in [2.45, 2.75) is 38.1 Å². The Morgan fingerprint density at radius 1 is 1.35 bits per heavy atom. The van der Waals surface area contributed by atoms with Gasteiger partial charge in [-0.25, -0.2) is 4.99 Å². The normalized spacial score (nSPS) is 14.8. The van der Waals surface area contributed by atoms with Crippen LogP contribution in [0.5, 0.6) is 0 Å². The maximum atomic E-state index is 5.65. The molecule has 0 aromatic heterocycles. The van der Waals surface area contributed by atoms with E-state index in [4.69, 9.17) is 9.73 Å². The second-order valence-corrected chi connectivity index (χ2v) is 6.80. The third kappa shape index (κ3) is 6.83. The number of benzene rings is 1. The van der Waals surface area contributed by atoms with E-state index in [0.29, 0.717) is 6.54 Å². The Morgan fingerprint density at radius 2 is 2.17 bits per heavy atom. The molecule has 2 rings (SSSR count). The molecule has 23 heavy (non-hydrogen) atoms. The van der Waals surface area contributed by atoms with Gasteiger partial charge in [0.2, 0.25) is 0 Å². The average Bonchev–Trinajstić information content (AvgIpc) is 3.37. The van der Waals surface area contributed by atoms with Crippen LogP contribution in [0.3, 0.4) is 0 Å². The first-order valence-corrected chi connectivity index (χ1v) is 9.68.